The van der Waals surface area contributed by atoms with Gasteiger partial charge in [-0.15, -0.1) is 0 Å². The molecular formula is C62H44N2. The molecular weight excluding hydrogens is 773 g/mol. The lowest BCUT2D eigenvalue weighted by atomic mass is 9.67. The molecule has 0 aliphatic heterocycles. The van der Waals surface area contributed by atoms with Crippen LogP contribution in [0.1, 0.15) is 33.5 Å². The van der Waals surface area contributed by atoms with Crippen LogP contribution >= 0.6 is 0 Å². The standard InChI is InChI=1S/C62H44N2/c1-5-19-44(20-6-1)46-21-17-28-52(43-46)63(51-39-41-55-54-29-14-16-34-59(54)64(60(55)42-40-51)49-26-11-4-12-27-49)50-37-35-45(36-38-50)53-31-18-33-58-61(53)56-30-13-15-32-57(56)62(58,47-22-7-2-8-23-47)48-24-9-3-10-25-48/h1-41,43H,42H2. The van der Waals surface area contributed by atoms with E-state index >= 15 is 0 Å². The molecule has 0 N–H and O–H groups in total. The molecule has 9 aromatic carbocycles. The monoisotopic (exact) mass is 816 g/mol. The number of fused-ring (bicyclic) bond motifs is 6. The third-order valence-corrected chi connectivity index (χ3v) is 13.3. The average Bonchev–Trinajstić information content (AvgIpc) is 3.76. The van der Waals surface area contributed by atoms with Crippen molar-refractivity contribution in [3.63, 3.8) is 0 Å². The third kappa shape index (κ3) is 6.02. The van der Waals surface area contributed by atoms with Crippen molar-refractivity contribution in [3.05, 3.63) is 288 Å². The zero-order valence-corrected chi connectivity index (χ0v) is 35.4. The lowest BCUT2D eigenvalue weighted by molar-refractivity contribution is 0.768. The van der Waals surface area contributed by atoms with Crippen molar-refractivity contribution in [3.8, 4) is 39.1 Å². The summed E-state index contributed by atoms with van der Waals surface area (Å²) in [5.74, 6) is 0. The first-order valence-electron chi connectivity index (χ1n) is 22.2. The van der Waals surface area contributed by atoms with E-state index in [1.54, 1.807) is 0 Å². The lowest BCUT2D eigenvalue weighted by Gasteiger charge is -2.34. The number of allylic oxidation sites excluding steroid dienone is 2. The first-order chi connectivity index (χ1) is 31.8. The summed E-state index contributed by atoms with van der Waals surface area (Å²) in [6, 6.07) is 86.4. The minimum atomic E-state index is -0.450. The van der Waals surface area contributed by atoms with E-state index in [1.807, 2.05) is 0 Å². The normalized spacial score (nSPS) is 13.4. The Labute approximate surface area is 375 Å². The first kappa shape index (κ1) is 37.6. The highest BCUT2D eigenvalue weighted by Crippen LogP contribution is 2.58. The summed E-state index contributed by atoms with van der Waals surface area (Å²) in [4.78, 5) is 2.42. The first-order valence-corrected chi connectivity index (χ1v) is 22.2. The van der Waals surface area contributed by atoms with Crippen LogP contribution in [-0.4, -0.2) is 4.57 Å². The highest BCUT2D eigenvalue weighted by Gasteiger charge is 2.46. The molecule has 1 aromatic heterocycles. The van der Waals surface area contributed by atoms with Crippen LogP contribution in [-0.2, 0) is 11.8 Å². The second kappa shape index (κ2) is 15.6. The SMILES string of the molecule is C1=Cc2c(n(-c3ccccc3)c3ccccc23)CC=C1N(c1ccc(-c2cccc3c2-c2ccccc2C3(c2ccccc2)c2ccccc2)cc1)c1cccc(-c2ccccc2)c1. The number of para-hydroxylation sites is 2. The van der Waals surface area contributed by atoms with Gasteiger partial charge < -0.3 is 9.47 Å². The van der Waals surface area contributed by atoms with Crippen LogP contribution in [0.5, 0.6) is 0 Å². The smallest absolute Gasteiger partial charge is 0.0713 e. The van der Waals surface area contributed by atoms with Gasteiger partial charge in [0.15, 0.2) is 0 Å². The molecule has 0 saturated carbocycles. The van der Waals surface area contributed by atoms with Crippen molar-refractivity contribution in [2.75, 3.05) is 4.90 Å². The van der Waals surface area contributed by atoms with Gasteiger partial charge in [0, 0.05) is 45.8 Å². The zero-order valence-electron chi connectivity index (χ0n) is 35.4. The molecule has 2 aliphatic rings. The van der Waals surface area contributed by atoms with E-state index in [4.69, 9.17) is 0 Å². The fourth-order valence-electron chi connectivity index (χ4n) is 10.6. The zero-order chi connectivity index (χ0) is 42.5. The van der Waals surface area contributed by atoms with E-state index in [2.05, 4.69) is 264 Å². The summed E-state index contributed by atoms with van der Waals surface area (Å²) < 4.78 is 2.43. The van der Waals surface area contributed by atoms with Crippen molar-refractivity contribution in [1.29, 1.82) is 0 Å². The van der Waals surface area contributed by atoms with Crippen molar-refractivity contribution >= 4 is 28.4 Å². The van der Waals surface area contributed by atoms with Gasteiger partial charge in [-0.2, -0.15) is 0 Å². The van der Waals surface area contributed by atoms with Crippen molar-refractivity contribution in [2.45, 2.75) is 11.8 Å². The second-order valence-electron chi connectivity index (χ2n) is 16.8. The van der Waals surface area contributed by atoms with Crippen LogP contribution in [0.25, 0.3) is 56.0 Å². The summed E-state index contributed by atoms with van der Waals surface area (Å²) >= 11 is 0. The van der Waals surface area contributed by atoms with Crippen LogP contribution in [0.2, 0.25) is 0 Å². The Balaban J connectivity index is 1.00. The molecule has 0 bridgehead atoms. The average molecular weight is 817 g/mol. The maximum atomic E-state index is 2.43. The molecule has 0 radical (unpaired) electrons. The van der Waals surface area contributed by atoms with Gasteiger partial charge in [-0.25, -0.2) is 0 Å². The van der Waals surface area contributed by atoms with Gasteiger partial charge in [0.25, 0.3) is 0 Å². The fourth-order valence-corrected chi connectivity index (χ4v) is 10.6. The van der Waals surface area contributed by atoms with E-state index in [0.717, 1.165) is 23.5 Å². The van der Waals surface area contributed by atoms with Gasteiger partial charge in [0.2, 0.25) is 0 Å². The number of aromatic nitrogens is 1. The van der Waals surface area contributed by atoms with Gasteiger partial charge in [-0.05, 0) is 104 Å². The molecule has 2 nitrogen and oxygen atoms in total. The second-order valence-corrected chi connectivity index (χ2v) is 16.8. The molecule has 0 saturated heterocycles. The van der Waals surface area contributed by atoms with Gasteiger partial charge in [-0.1, -0.05) is 206 Å². The molecule has 2 heteroatoms. The van der Waals surface area contributed by atoms with E-state index in [-0.39, 0.29) is 0 Å². The maximum absolute atomic E-state index is 2.43. The topological polar surface area (TPSA) is 8.17 Å². The van der Waals surface area contributed by atoms with Crippen LogP contribution in [0, 0.1) is 0 Å². The minimum Gasteiger partial charge on any atom is -0.313 e. The Morgan fingerprint density at radius 3 is 1.77 bits per heavy atom. The van der Waals surface area contributed by atoms with E-state index in [0.29, 0.717) is 0 Å². The number of hydrogen-bond acceptors (Lipinski definition) is 1. The van der Waals surface area contributed by atoms with Crippen molar-refractivity contribution in [1.82, 2.24) is 4.57 Å². The molecule has 302 valence electrons. The largest absolute Gasteiger partial charge is 0.313 e. The third-order valence-electron chi connectivity index (χ3n) is 13.3. The summed E-state index contributed by atoms with van der Waals surface area (Å²) in [6.07, 6.45) is 7.81. The van der Waals surface area contributed by atoms with E-state index < -0.39 is 5.41 Å². The number of anilines is 2. The predicted octanol–water partition coefficient (Wildman–Crippen LogP) is 15.6. The van der Waals surface area contributed by atoms with Crippen molar-refractivity contribution in [2.24, 2.45) is 0 Å². The quantitative estimate of drug-likeness (QED) is 0.148. The number of rotatable bonds is 8. The summed E-state index contributed by atoms with van der Waals surface area (Å²) in [6.45, 7) is 0. The Bertz CT molecular complexity index is 3340. The molecule has 0 amide bonds. The van der Waals surface area contributed by atoms with E-state index in [9.17, 15) is 0 Å². The molecule has 1 heterocycles. The summed E-state index contributed by atoms with van der Waals surface area (Å²) in [5, 5.41) is 1.26. The highest BCUT2D eigenvalue weighted by molar-refractivity contribution is 5.96. The highest BCUT2D eigenvalue weighted by atomic mass is 15.1. The molecule has 12 rings (SSSR count). The lowest BCUT2D eigenvalue weighted by Crippen LogP contribution is -2.28. The Morgan fingerprint density at radius 1 is 0.422 bits per heavy atom. The molecule has 0 unspecified atom stereocenters. The van der Waals surface area contributed by atoms with Crippen LogP contribution in [0.3, 0.4) is 0 Å². The Morgan fingerprint density at radius 2 is 1.02 bits per heavy atom. The predicted molar refractivity (Wildman–Crippen MR) is 267 cm³/mol. The van der Waals surface area contributed by atoms with Crippen LogP contribution in [0.15, 0.2) is 254 Å². The molecule has 2 aliphatic carbocycles. The number of hydrogen-bond donors (Lipinski definition) is 0. The molecule has 0 spiro atoms. The molecule has 0 atom stereocenters. The van der Waals surface area contributed by atoms with Gasteiger partial charge >= 0.3 is 0 Å². The molecule has 64 heavy (non-hydrogen) atoms. The van der Waals surface area contributed by atoms with Crippen LogP contribution < -0.4 is 4.90 Å². The number of benzene rings is 9. The van der Waals surface area contributed by atoms with Gasteiger partial charge in [-0.3, -0.25) is 0 Å². The Kier molecular flexibility index (Phi) is 9.16. The molecule has 0 fully saturated rings. The van der Waals surface area contributed by atoms with Crippen molar-refractivity contribution < 1.29 is 0 Å². The molecule has 10 aromatic rings. The summed E-state index contributed by atoms with van der Waals surface area (Å²) in [5.41, 5.74) is 20.4. The Hall–Kier alpha value is -8.20. The van der Waals surface area contributed by atoms with Gasteiger partial charge in [0.05, 0.1) is 10.9 Å². The number of nitrogens with zero attached hydrogens (tertiary/aromatic N) is 2. The van der Waals surface area contributed by atoms with Gasteiger partial charge in [0.1, 0.15) is 0 Å². The van der Waals surface area contributed by atoms with E-state index in [1.165, 1.54) is 83.5 Å². The fraction of sp³-hybridized carbons (Fsp3) is 0.0323. The summed E-state index contributed by atoms with van der Waals surface area (Å²) in [7, 11) is 0. The minimum absolute atomic E-state index is 0.450. The maximum Gasteiger partial charge on any atom is 0.0713 e. The van der Waals surface area contributed by atoms with Crippen LogP contribution in [0.4, 0.5) is 11.4 Å².